The van der Waals surface area contributed by atoms with Gasteiger partial charge in [-0.05, 0) is 56.6 Å². The predicted octanol–water partition coefficient (Wildman–Crippen LogP) is 3.67. The molecule has 2 aliphatic carbocycles. The summed E-state index contributed by atoms with van der Waals surface area (Å²) in [7, 11) is -3.31. The van der Waals surface area contributed by atoms with Crippen LogP contribution in [0.15, 0.2) is 29.5 Å². The SMILES string of the molecule is NC(=NCCCCCCN(OCC1CCCCC1)S(=O)(=O)C1CC1)Nc1ccncc1. The fraction of sp³-hybridized carbons (Fsp3) is 0.727. The van der Waals surface area contributed by atoms with Crippen molar-refractivity contribution in [3.63, 3.8) is 0 Å². The molecule has 1 aromatic heterocycles. The van der Waals surface area contributed by atoms with Gasteiger partial charge in [0.05, 0.1) is 11.9 Å². The average molecular weight is 452 g/mol. The van der Waals surface area contributed by atoms with Gasteiger partial charge in [-0.2, -0.15) is 0 Å². The molecule has 0 aromatic carbocycles. The topological polar surface area (TPSA) is 110 Å². The first-order valence-corrected chi connectivity index (χ1v) is 13.2. The first-order chi connectivity index (χ1) is 15.1. The molecule has 0 bridgehead atoms. The number of nitrogens with one attached hydrogen (secondary N) is 1. The fourth-order valence-electron chi connectivity index (χ4n) is 3.87. The standard InChI is InChI=1S/C22H37N5O3S/c23-22(26-20-12-15-24-16-13-20)25-14-6-1-2-7-17-27(31(28,29)21-10-11-21)30-18-19-8-4-3-5-9-19/h12-13,15-16,19,21H,1-11,14,17-18H2,(H3,23,24,25,26). The third kappa shape index (κ3) is 8.38. The number of sulfonamides is 1. The number of aliphatic imine (C=N–C) groups is 1. The lowest BCUT2D eigenvalue weighted by Gasteiger charge is -2.26. The molecule has 0 spiro atoms. The van der Waals surface area contributed by atoms with Gasteiger partial charge in [0.25, 0.3) is 0 Å². The van der Waals surface area contributed by atoms with Gasteiger partial charge < -0.3 is 11.1 Å². The van der Waals surface area contributed by atoms with E-state index in [4.69, 9.17) is 10.6 Å². The molecule has 0 aliphatic heterocycles. The molecule has 1 aromatic rings. The maximum Gasteiger partial charge on any atom is 0.238 e. The molecule has 0 radical (unpaired) electrons. The number of hydrogen-bond acceptors (Lipinski definition) is 5. The number of rotatable bonds is 13. The van der Waals surface area contributed by atoms with E-state index in [0.29, 0.717) is 31.6 Å². The monoisotopic (exact) mass is 451 g/mol. The van der Waals surface area contributed by atoms with Gasteiger partial charge in [0, 0.05) is 31.2 Å². The number of nitrogens with two attached hydrogens (primary N) is 1. The second-order valence-corrected chi connectivity index (χ2v) is 10.7. The van der Waals surface area contributed by atoms with E-state index in [0.717, 1.165) is 57.1 Å². The number of aromatic nitrogens is 1. The molecule has 0 atom stereocenters. The summed E-state index contributed by atoms with van der Waals surface area (Å²) in [5.74, 6) is 0.888. The van der Waals surface area contributed by atoms with E-state index in [2.05, 4.69) is 15.3 Å². The molecule has 0 amide bonds. The average Bonchev–Trinajstić information content (AvgIpc) is 3.62. The normalized spacial score (nSPS) is 18.4. The largest absolute Gasteiger partial charge is 0.370 e. The molecule has 0 unspecified atom stereocenters. The molecular weight excluding hydrogens is 414 g/mol. The van der Waals surface area contributed by atoms with Crippen LogP contribution in [0.2, 0.25) is 0 Å². The molecule has 31 heavy (non-hydrogen) atoms. The van der Waals surface area contributed by atoms with Crippen LogP contribution in [0.4, 0.5) is 5.69 Å². The summed E-state index contributed by atoms with van der Waals surface area (Å²) in [6, 6.07) is 3.67. The summed E-state index contributed by atoms with van der Waals surface area (Å²) >= 11 is 0. The van der Waals surface area contributed by atoms with E-state index in [1.165, 1.54) is 23.7 Å². The Morgan fingerprint density at radius 2 is 1.81 bits per heavy atom. The summed E-state index contributed by atoms with van der Waals surface area (Å²) in [6.45, 7) is 1.62. The van der Waals surface area contributed by atoms with Crippen LogP contribution >= 0.6 is 0 Å². The molecule has 174 valence electrons. The van der Waals surface area contributed by atoms with Crippen LogP contribution in [-0.4, -0.2) is 48.8 Å². The van der Waals surface area contributed by atoms with Crippen LogP contribution in [0.25, 0.3) is 0 Å². The van der Waals surface area contributed by atoms with Gasteiger partial charge in [0.1, 0.15) is 0 Å². The van der Waals surface area contributed by atoms with Crippen molar-refractivity contribution < 1.29 is 13.3 Å². The Bertz CT molecular complexity index is 778. The van der Waals surface area contributed by atoms with Crippen LogP contribution in [-0.2, 0) is 14.9 Å². The second kappa shape index (κ2) is 12.4. The third-order valence-electron chi connectivity index (χ3n) is 5.89. The predicted molar refractivity (Wildman–Crippen MR) is 124 cm³/mol. The van der Waals surface area contributed by atoms with Crippen LogP contribution < -0.4 is 11.1 Å². The highest BCUT2D eigenvalue weighted by atomic mass is 32.2. The highest BCUT2D eigenvalue weighted by Crippen LogP contribution is 2.32. The van der Waals surface area contributed by atoms with E-state index in [9.17, 15) is 8.42 Å². The summed E-state index contributed by atoms with van der Waals surface area (Å²) in [4.78, 5) is 14.2. The summed E-state index contributed by atoms with van der Waals surface area (Å²) in [5, 5.41) is 2.80. The van der Waals surface area contributed by atoms with E-state index >= 15 is 0 Å². The zero-order valence-corrected chi connectivity index (χ0v) is 19.2. The lowest BCUT2D eigenvalue weighted by molar-refractivity contribution is -0.103. The van der Waals surface area contributed by atoms with E-state index in [1.807, 2.05) is 12.1 Å². The van der Waals surface area contributed by atoms with Gasteiger partial charge in [0.15, 0.2) is 5.96 Å². The van der Waals surface area contributed by atoms with Crippen molar-refractivity contribution >= 4 is 21.7 Å². The van der Waals surface area contributed by atoms with Crippen molar-refractivity contribution in [2.75, 3.05) is 25.0 Å². The van der Waals surface area contributed by atoms with Gasteiger partial charge in [-0.25, -0.2) is 8.42 Å². The minimum Gasteiger partial charge on any atom is -0.370 e. The number of nitrogens with zero attached hydrogens (tertiary/aromatic N) is 3. The second-order valence-electron chi connectivity index (χ2n) is 8.61. The molecule has 9 heteroatoms. The van der Waals surface area contributed by atoms with Gasteiger partial charge in [-0.3, -0.25) is 14.8 Å². The number of pyridine rings is 1. The highest BCUT2D eigenvalue weighted by molar-refractivity contribution is 7.89. The van der Waals surface area contributed by atoms with Gasteiger partial charge >= 0.3 is 0 Å². The van der Waals surface area contributed by atoms with Crippen molar-refractivity contribution in [1.29, 1.82) is 0 Å². The molecule has 3 N–H and O–H groups in total. The zero-order chi connectivity index (χ0) is 21.9. The van der Waals surface area contributed by atoms with Crippen LogP contribution in [0.1, 0.15) is 70.6 Å². The Morgan fingerprint density at radius 1 is 1.10 bits per heavy atom. The van der Waals surface area contributed by atoms with Crippen LogP contribution in [0.3, 0.4) is 0 Å². The van der Waals surface area contributed by atoms with E-state index in [-0.39, 0.29) is 5.25 Å². The number of unbranched alkanes of at least 4 members (excludes halogenated alkanes) is 3. The van der Waals surface area contributed by atoms with E-state index < -0.39 is 10.0 Å². The molecule has 2 aliphatic rings. The minimum absolute atomic E-state index is 0.232. The Kier molecular flexibility index (Phi) is 9.54. The first-order valence-electron chi connectivity index (χ1n) is 11.7. The number of anilines is 1. The molecule has 1 heterocycles. The summed E-state index contributed by atoms with van der Waals surface area (Å²) in [5.41, 5.74) is 6.75. The minimum atomic E-state index is -3.31. The van der Waals surface area contributed by atoms with Crippen molar-refractivity contribution in [3.05, 3.63) is 24.5 Å². The zero-order valence-electron chi connectivity index (χ0n) is 18.4. The van der Waals surface area contributed by atoms with Gasteiger partial charge in [0.2, 0.25) is 10.0 Å². The number of guanidine groups is 1. The molecule has 8 nitrogen and oxygen atoms in total. The molecule has 0 saturated heterocycles. The van der Waals surface area contributed by atoms with Crippen molar-refractivity contribution in [2.45, 2.75) is 75.9 Å². The van der Waals surface area contributed by atoms with Crippen molar-refractivity contribution in [1.82, 2.24) is 9.45 Å². The summed E-state index contributed by atoms with van der Waals surface area (Å²) < 4.78 is 26.7. The smallest absolute Gasteiger partial charge is 0.238 e. The van der Waals surface area contributed by atoms with Crippen LogP contribution in [0.5, 0.6) is 0 Å². The quantitative estimate of drug-likeness (QED) is 0.205. The number of hydroxylamine groups is 1. The Hall–Kier alpha value is -1.71. The molecule has 2 saturated carbocycles. The van der Waals surface area contributed by atoms with Crippen molar-refractivity contribution in [2.24, 2.45) is 16.6 Å². The van der Waals surface area contributed by atoms with Gasteiger partial charge in [-0.15, -0.1) is 0 Å². The Labute approximate surface area is 186 Å². The third-order valence-corrected chi connectivity index (χ3v) is 8.06. The maximum absolute atomic E-state index is 12.7. The van der Waals surface area contributed by atoms with E-state index in [1.54, 1.807) is 12.4 Å². The Balaban J connectivity index is 1.33. The maximum atomic E-state index is 12.7. The lowest BCUT2D eigenvalue weighted by atomic mass is 9.90. The Morgan fingerprint density at radius 3 is 2.52 bits per heavy atom. The highest BCUT2D eigenvalue weighted by Gasteiger charge is 2.40. The fourth-order valence-corrected chi connectivity index (χ4v) is 5.52. The number of hydrogen-bond donors (Lipinski definition) is 2. The summed E-state index contributed by atoms with van der Waals surface area (Å²) in [6.07, 6.45) is 14.6. The first kappa shape index (κ1) is 23.9. The van der Waals surface area contributed by atoms with Crippen molar-refractivity contribution in [3.8, 4) is 0 Å². The lowest BCUT2D eigenvalue weighted by Crippen LogP contribution is -2.36. The molecule has 3 rings (SSSR count). The molecule has 2 fully saturated rings. The van der Waals surface area contributed by atoms with Gasteiger partial charge in [-0.1, -0.05) is 36.6 Å². The molecular formula is C22H37N5O3S. The van der Waals surface area contributed by atoms with Crippen LogP contribution in [0, 0.1) is 5.92 Å².